The zero-order valence-corrected chi connectivity index (χ0v) is 16.5. The predicted molar refractivity (Wildman–Crippen MR) is 106 cm³/mol. The van der Waals surface area contributed by atoms with Crippen LogP contribution in [-0.2, 0) is 14.8 Å². The van der Waals surface area contributed by atoms with Crippen molar-refractivity contribution in [2.75, 3.05) is 10.6 Å². The highest BCUT2D eigenvalue weighted by atomic mass is 32.2. The summed E-state index contributed by atoms with van der Waals surface area (Å²) in [5, 5.41) is 2.94. The number of hydrogen-bond acceptors (Lipinski definition) is 3. The molecule has 6 heteroatoms. The standard InChI is InChI=1S/C20H26N2O3S/c1-5-19(20(23)21-16(3)17-9-7-6-8-10-17)22(26(4,24)25)18-13-11-15(2)12-14-18/h6-14,16,19H,5H2,1-4H3,(H,21,23)/t16-,19+/m0/s1. The zero-order valence-electron chi connectivity index (χ0n) is 15.6. The fourth-order valence-electron chi connectivity index (χ4n) is 2.89. The van der Waals surface area contributed by atoms with Crippen molar-refractivity contribution in [2.24, 2.45) is 0 Å². The van der Waals surface area contributed by atoms with Crippen molar-refractivity contribution >= 4 is 21.6 Å². The highest BCUT2D eigenvalue weighted by Crippen LogP contribution is 2.23. The molecular weight excluding hydrogens is 348 g/mol. The normalized spacial score (nSPS) is 13.7. The van der Waals surface area contributed by atoms with E-state index >= 15 is 0 Å². The van der Waals surface area contributed by atoms with Gasteiger partial charge in [-0.2, -0.15) is 0 Å². The molecular formula is C20H26N2O3S. The number of sulfonamides is 1. The summed E-state index contributed by atoms with van der Waals surface area (Å²) in [6.07, 6.45) is 1.50. The molecule has 0 bridgehead atoms. The van der Waals surface area contributed by atoms with Gasteiger partial charge in [-0.15, -0.1) is 0 Å². The first-order chi connectivity index (χ1) is 12.2. The summed E-state index contributed by atoms with van der Waals surface area (Å²) in [5.41, 5.74) is 2.49. The van der Waals surface area contributed by atoms with Crippen LogP contribution >= 0.6 is 0 Å². The fourth-order valence-corrected chi connectivity index (χ4v) is 4.10. The Balaban J connectivity index is 2.29. The molecule has 0 aliphatic rings. The summed E-state index contributed by atoms with van der Waals surface area (Å²) in [7, 11) is -3.62. The van der Waals surface area contributed by atoms with Gasteiger partial charge in [0.25, 0.3) is 0 Å². The number of aryl methyl sites for hydroxylation is 1. The molecule has 0 saturated carbocycles. The van der Waals surface area contributed by atoms with Gasteiger partial charge in [0.1, 0.15) is 6.04 Å². The van der Waals surface area contributed by atoms with E-state index in [1.165, 1.54) is 4.31 Å². The van der Waals surface area contributed by atoms with E-state index in [0.29, 0.717) is 12.1 Å². The van der Waals surface area contributed by atoms with Gasteiger partial charge < -0.3 is 5.32 Å². The molecule has 2 rings (SSSR count). The Bertz CT molecular complexity index is 833. The second-order valence-electron chi connectivity index (χ2n) is 6.46. The maximum Gasteiger partial charge on any atom is 0.244 e. The maximum atomic E-state index is 12.9. The Morgan fingerprint density at radius 3 is 2.15 bits per heavy atom. The van der Waals surface area contributed by atoms with Gasteiger partial charge in [-0.25, -0.2) is 8.42 Å². The molecule has 2 aromatic rings. The molecule has 0 spiro atoms. The van der Waals surface area contributed by atoms with E-state index in [1.807, 2.05) is 63.2 Å². The molecule has 5 nitrogen and oxygen atoms in total. The quantitative estimate of drug-likeness (QED) is 0.807. The lowest BCUT2D eigenvalue weighted by Crippen LogP contribution is -2.49. The number of carbonyl (C=O) groups excluding carboxylic acids is 1. The lowest BCUT2D eigenvalue weighted by Gasteiger charge is -2.31. The smallest absolute Gasteiger partial charge is 0.244 e. The third kappa shape index (κ3) is 4.85. The van der Waals surface area contributed by atoms with Crippen molar-refractivity contribution in [3.63, 3.8) is 0 Å². The minimum Gasteiger partial charge on any atom is -0.348 e. The van der Waals surface area contributed by atoms with Crippen molar-refractivity contribution in [1.82, 2.24) is 5.32 Å². The lowest BCUT2D eigenvalue weighted by molar-refractivity contribution is -0.122. The fraction of sp³-hybridized carbons (Fsp3) is 0.350. The van der Waals surface area contributed by atoms with E-state index in [4.69, 9.17) is 0 Å². The van der Waals surface area contributed by atoms with Crippen molar-refractivity contribution < 1.29 is 13.2 Å². The van der Waals surface area contributed by atoms with Crippen LogP contribution in [-0.4, -0.2) is 26.6 Å². The Labute approximate surface area is 156 Å². The van der Waals surface area contributed by atoms with Gasteiger partial charge in [0.15, 0.2) is 0 Å². The van der Waals surface area contributed by atoms with E-state index in [1.54, 1.807) is 12.1 Å². The molecule has 26 heavy (non-hydrogen) atoms. The third-order valence-corrected chi connectivity index (χ3v) is 5.46. The van der Waals surface area contributed by atoms with Gasteiger partial charge in [0.05, 0.1) is 18.0 Å². The minimum atomic E-state index is -3.62. The number of rotatable bonds is 7. The highest BCUT2D eigenvalue weighted by Gasteiger charge is 2.32. The molecule has 0 radical (unpaired) electrons. The number of hydrogen-bond donors (Lipinski definition) is 1. The van der Waals surface area contributed by atoms with E-state index < -0.39 is 16.1 Å². The molecule has 0 saturated heterocycles. The molecule has 1 amide bonds. The lowest BCUT2D eigenvalue weighted by atomic mass is 10.1. The largest absolute Gasteiger partial charge is 0.348 e. The van der Waals surface area contributed by atoms with E-state index in [9.17, 15) is 13.2 Å². The molecule has 0 aromatic heterocycles. The Morgan fingerprint density at radius 2 is 1.65 bits per heavy atom. The van der Waals surface area contributed by atoms with Crippen molar-refractivity contribution in [2.45, 2.75) is 39.3 Å². The van der Waals surface area contributed by atoms with E-state index in [0.717, 1.165) is 17.4 Å². The molecule has 0 aliphatic heterocycles. The summed E-state index contributed by atoms with van der Waals surface area (Å²) in [6, 6.07) is 15.7. The molecule has 2 atom stereocenters. The molecule has 1 N–H and O–H groups in total. The van der Waals surface area contributed by atoms with Crippen LogP contribution in [0.3, 0.4) is 0 Å². The number of anilines is 1. The van der Waals surface area contributed by atoms with Gasteiger partial charge >= 0.3 is 0 Å². The first-order valence-electron chi connectivity index (χ1n) is 8.65. The molecule has 0 unspecified atom stereocenters. The molecule has 0 heterocycles. The molecule has 140 valence electrons. The first kappa shape index (κ1) is 20.0. The van der Waals surface area contributed by atoms with Crippen molar-refractivity contribution in [3.05, 3.63) is 65.7 Å². The highest BCUT2D eigenvalue weighted by molar-refractivity contribution is 7.92. The Kier molecular flexibility index (Phi) is 6.42. The van der Waals surface area contributed by atoms with Crippen LogP contribution in [0.1, 0.15) is 37.4 Å². The first-order valence-corrected chi connectivity index (χ1v) is 10.5. The van der Waals surface area contributed by atoms with E-state index in [2.05, 4.69) is 5.32 Å². The number of benzene rings is 2. The minimum absolute atomic E-state index is 0.211. The average Bonchev–Trinajstić information content (AvgIpc) is 2.60. The average molecular weight is 375 g/mol. The second-order valence-corrected chi connectivity index (χ2v) is 8.32. The maximum absolute atomic E-state index is 12.9. The summed E-state index contributed by atoms with van der Waals surface area (Å²) in [4.78, 5) is 12.9. The number of amides is 1. The Hall–Kier alpha value is -2.34. The van der Waals surface area contributed by atoms with Crippen LogP contribution in [0.25, 0.3) is 0 Å². The molecule has 2 aromatic carbocycles. The van der Waals surface area contributed by atoms with Gasteiger partial charge in [0.2, 0.25) is 15.9 Å². The van der Waals surface area contributed by atoms with Crippen LogP contribution < -0.4 is 9.62 Å². The van der Waals surface area contributed by atoms with Crippen LogP contribution in [0.4, 0.5) is 5.69 Å². The van der Waals surface area contributed by atoms with E-state index in [-0.39, 0.29) is 11.9 Å². The van der Waals surface area contributed by atoms with Crippen LogP contribution in [0.5, 0.6) is 0 Å². The van der Waals surface area contributed by atoms with Gasteiger partial charge in [-0.1, -0.05) is 55.0 Å². The number of nitrogens with one attached hydrogen (secondary N) is 1. The van der Waals surface area contributed by atoms with Crippen molar-refractivity contribution in [1.29, 1.82) is 0 Å². The SMILES string of the molecule is CC[C@H](C(=O)N[C@@H](C)c1ccccc1)N(c1ccc(C)cc1)S(C)(=O)=O. The molecule has 0 aliphatic carbocycles. The summed E-state index contributed by atoms with van der Waals surface area (Å²) < 4.78 is 26.1. The predicted octanol–water partition coefficient (Wildman–Crippen LogP) is 3.42. The summed E-state index contributed by atoms with van der Waals surface area (Å²) in [6.45, 7) is 5.63. The van der Waals surface area contributed by atoms with Gasteiger partial charge in [0, 0.05) is 0 Å². The third-order valence-electron chi connectivity index (χ3n) is 4.28. The number of carbonyl (C=O) groups is 1. The van der Waals surface area contributed by atoms with Crippen LogP contribution in [0.15, 0.2) is 54.6 Å². The zero-order chi connectivity index (χ0) is 19.3. The van der Waals surface area contributed by atoms with Crippen LogP contribution in [0, 0.1) is 6.92 Å². The molecule has 0 fully saturated rings. The summed E-state index contributed by atoms with van der Waals surface area (Å²) in [5.74, 6) is -0.310. The van der Waals surface area contributed by atoms with Gasteiger partial charge in [-0.3, -0.25) is 9.10 Å². The topological polar surface area (TPSA) is 66.5 Å². The van der Waals surface area contributed by atoms with Crippen molar-refractivity contribution in [3.8, 4) is 0 Å². The Morgan fingerprint density at radius 1 is 1.08 bits per heavy atom. The monoisotopic (exact) mass is 374 g/mol. The second kappa shape index (κ2) is 8.36. The van der Waals surface area contributed by atoms with Crippen LogP contribution in [0.2, 0.25) is 0 Å². The number of nitrogens with zero attached hydrogens (tertiary/aromatic N) is 1. The van der Waals surface area contributed by atoms with Gasteiger partial charge in [-0.05, 0) is 38.0 Å². The summed E-state index contributed by atoms with van der Waals surface area (Å²) >= 11 is 0.